The predicted octanol–water partition coefficient (Wildman–Crippen LogP) is 2.54. The quantitative estimate of drug-likeness (QED) is 0.632. The number of halogens is 2. The predicted molar refractivity (Wildman–Crippen MR) is 116 cm³/mol. The molecule has 8 heteroatoms. The molecular formula is C23H28F2N4O2. The fourth-order valence-electron chi connectivity index (χ4n) is 3.52. The van der Waals surface area contributed by atoms with Gasteiger partial charge in [0, 0.05) is 57.4 Å². The Morgan fingerprint density at radius 3 is 2.48 bits per heavy atom. The molecule has 0 radical (unpaired) electrons. The van der Waals surface area contributed by atoms with E-state index in [1.165, 1.54) is 0 Å². The summed E-state index contributed by atoms with van der Waals surface area (Å²) in [7, 11) is 2.11. The highest BCUT2D eigenvalue weighted by Gasteiger charge is 2.17. The molecule has 0 saturated carbocycles. The van der Waals surface area contributed by atoms with Crippen molar-refractivity contribution in [2.45, 2.75) is 19.4 Å². The van der Waals surface area contributed by atoms with E-state index in [2.05, 4.69) is 33.5 Å². The van der Waals surface area contributed by atoms with Gasteiger partial charge < -0.3 is 20.4 Å². The van der Waals surface area contributed by atoms with Crippen LogP contribution in [0.5, 0.6) is 0 Å². The fourth-order valence-corrected chi connectivity index (χ4v) is 3.52. The van der Waals surface area contributed by atoms with Gasteiger partial charge >= 0.3 is 0 Å². The first-order valence-electron chi connectivity index (χ1n) is 10.5. The summed E-state index contributed by atoms with van der Waals surface area (Å²) in [6.07, 6.45) is 0.656. The molecule has 31 heavy (non-hydrogen) atoms. The van der Waals surface area contributed by atoms with Gasteiger partial charge in [-0.3, -0.25) is 9.59 Å². The van der Waals surface area contributed by atoms with Gasteiger partial charge in [0.2, 0.25) is 5.91 Å². The zero-order valence-electron chi connectivity index (χ0n) is 17.7. The summed E-state index contributed by atoms with van der Waals surface area (Å²) in [6, 6.07) is 10.9. The van der Waals surface area contributed by atoms with Gasteiger partial charge in [-0.2, -0.15) is 0 Å². The van der Waals surface area contributed by atoms with Crippen LogP contribution >= 0.6 is 0 Å². The van der Waals surface area contributed by atoms with Crippen molar-refractivity contribution < 1.29 is 18.4 Å². The number of nitrogens with zero attached hydrogens (tertiary/aromatic N) is 2. The summed E-state index contributed by atoms with van der Waals surface area (Å²) >= 11 is 0. The Labute approximate surface area is 181 Å². The fraction of sp³-hybridized carbons (Fsp3) is 0.391. The number of amides is 2. The van der Waals surface area contributed by atoms with Crippen LogP contribution in [0.4, 0.5) is 14.5 Å². The van der Waals surface area contributed by atoms with Crippen LogP contribution in [0.1, 0.15) is 28.8 Å². The SMILES string of the molecule is CN1CCN(c2ccccc2CNC(=O)CCCNC(=O)c2ccc(F)cc2F)CC1. The Bertz CT molecular complexity index is 914. The number of likely N-dealkylation sites (N-methyl/N-ethyl adjacent to an activating group) is 1. The molecule has 2 N–H and O–H groups in total. The normalized spacial score (nSPS) is 14.4. The van der Waals surface area contributed by atoms with Crippen molar-refractivity contribution >= 4 is 17.5 Å². The lowest BCUT2D eigenvalue weighted by atomic mass is 10.1. The third-order valence-corrected chi connectivity index (χ3v) is 5.35. The van der Waals surface area contributed by atoms with Crippen molar-refractivity contribution in [2.24, 2.45) is 0 Å². The lowest BCUT2D eigenvalue weighted by Crippen LogP contribution is -2.45. The van der Waals surface area contributed by atoms with Crippen molar-refractivity contribution in [3.63, 3.8) is 0 Å². The topological polar surface area (TPSA) is 64.7 Å². The maximum absolute atomic E-state index is 13.6. The molecule has 1 heterocycles. The molecule has 0 spiro atoms. The summed E-state index contributed by atoms with van der Waals surface area (Å²) in [5, 5.41) is 5.48. The third kappa shape index (κ3) is 6.49. The molecule has 166 valence electrons. The van der Waals surface area contributed by atoms with Crippen molar-refractivity contribution in [3.05, 3.63) is 65.2 Å². The van der Waals surface area contributed by atoms with Gasteiger partial charge in [-0.1, -0.05) is 18.2 Å². The molecule has 0 atom stereocenters. The van der Waals surface area contributed by atoms with Gasteiger partial charge in [0.25, 0.3) is 5.91 Å². The molecule has 0 unspecified atom stereocenters. The highest BCUT2D eigenvalue weighted by atomic mass is 19.1. The first-order valence-corrected chi connectivity index (χ1v) is 10.5. The second-order valence-corrected chi connectivity index (χ2v) is 7.68. The molecule has 3 rings (SSSR count). The minimum Gasteiger partial charge on any atom is -0.369 e. The van der Waals surface area contributed by atoms with Gasteiger partial charge in [0.1, 0.15) is 11.6 Å². The number of para-hydroxylation sites is 1. The average Bonchev–Trinajstić information content (AvgIpc) is 2.76. The summed E-state index contributed by atoms with van der Waals surface area (Å²) in [4.78, 5) is 28.8. The molecule has 0 bridgehead atoms. The molecule has 2 aromatic rings. The first-order chi connectivity index (χ1) is 14.9. The Morgan fingerprint density at radius 1 is 1.00 bits per heavy atom. The molecule has 2 aromatic carbocycles. The van der Waals surface area contributed by atoms with Gasteiger partial charge in [-0.15, -0.1) is 0 Å². The molecule has 0 aromatic heterocycles. The van der Waals surface area contributed by atoms with E-state index in [0.29, 0.717) is 19.0 Å². The molecule has 2 amide bonds. The van der Waals surface area contributed by atoms with Crippen LogP contribution in [0.15, 0.2) is 42.5 Å². The second kappa shape index (κ2) is 10.9. The number of anilines is 1. The van der Waals surface area contributed by atoms with Gasteiger partial charge in [-0.05, 0) is 37.2 Å². The summed E-state index contributed by atoms with van der Waals surface area (Å²) in [6.45, 7) is 4.59. The van der Waals surface area contributed by atoms with E-state index in [1.807, 2.05) is 18.2 Å². The van der Waals surface area contributed by atoms with Gasteiger partial charge in [-0.25, -0.2) is 8.78 Å². The number of benzene rings is 2. The zero-order valence-corrected chi connectivity index (χ0v) is 17.7. The third-order valence-electron chi connectivity index (χ3n) is 5.35. The van der Waals surface area contributed by atoms with E-state index in [1.54, 1.807) is 0 Å². The smallest absolute Gasteiger partial charge is 0.254 e. The Kier molecular flexibility index (Phi) is 7.94. The van der Waals surface area contributed by atoms with Crippen LogP contribution in [0, 0.1) is 11.6 Å². The number of hydrogen-bond acceptors (Lipinski definition) is 4. The molecule has 1 fully saturated rings. The highest BCUT2D eigenvalue weighted by Crippen LogP contribution is 2.21. The Hall–Kier alpha value is -3.00. The van der Waals surface area contributed by atoms with E-state index in [0.717, 1.165) is 49.6 Å². The summed E-state index contributed by atoms with van der Waals surface area (Å²) in [5.74, 6) is -2.39. The van der Waals surface area contributed by atoms with Crippen molar-refractivity contribution in [1.82, 2.24) is 15.5 Å². The zero-order chi connectivity index (χ0) is 22.2. The number of hydrogen-bond donors (Lipinski definition) is 2. The lowest BCUT2D eigenvalue weighted by Gasteiger charge is -2.35. The minimum atomic E-state index is -0.908. The van der Waals surface area contributed by atoms with E-state index in [-0.39, 0.29) is 24.4 Å². The molecule has 0 aliphatic carbocycles. The first kappa shape index (κ1) is 22.7. The molecule has 1 aliphatic heterocycles. The standard InChI is InChI=1S/C23H28F2N4O2/c1-28-11-13-29(14-12-28)21-6-3-2-5-17(21)16-27-22(30)7-4-10-26-23(31)19-9-8-18(24)15-20(19)25/h2-3,5-6,8-9,15H,4,7,10-14,16H2,1H3,(H,26,31)(H,27,30). The summed E-state index contributed by atoms with van der Waals surface area (Å²) < 4.78 is 26.5. The average molecular weight is 430 g/mol. The lowest BCUT2D eigenvalue weighted by molar-refractivity contribution is -0.121. The van der Waals surface area contributed by atoms with E-state index < -0.39 is 17.5 Å². The van der Waals surface area contributed by atoms with E-state index in [4.69, 9.17) is 0 Å². The molecule has 1 aliphatic rings. The number of carbonyl (C=O) groups is 2. The van der Waals surface area contributed by atoms with E-state index >= 15 is 0 Å². The van der Waals surface area contributed by atoms with Crippen LogP contribution in [0.2, 0.25) is 0 Å². The van der Waals surface area contributed by atoms with Crippen LogP contribution in [0.3, 0.4) is 0 Å². The highest BCUT2D eigenvalue weighted by molar-refractivity contribution is 5.94. The minimum absolute atomic E-state index is 0.115. The Balaban J connectivity index is 1.41. The monoisotopic (exact) mass is 430 g/mol. The largest absolute Gasteiger partial charge is 0.369 e. The van der Waals surface area contributed by atoms with Gasteiger partial charge in [0.15, 0.2) is 0 Å². The number of carbonyl (C=O) groups excluding carboxylic acids is 2. The second-order valence-electron chi connectivity index (χ2n) is 7.68. The number of piperazine rings is 1. The van der Waals surface area contributed by atoms with Crippen LogP contribution in [-0.2, 0) is 11.3 Å². The maximum atomic E-state index is 13.6. The number of rotatable bonds is 8. The van der Waals surface area contributed by atoms with Gasteiger partial charge in [0.05, 0.1) is 5.56 Å². The van der Waals surface area contributed by atoms with Crippen molar-refractivity contribution in [1.29, 1.82) is 0 Å². The molecular weight excluding hydrogens is 402 g/mol. The Morgan fingerprint density at radius 2 is 1.74 bits per heavy atom. The summed E-state index contributed by atoms with van der Waals surface area (Å²) in [5.41, 5.74) is 2.00. The molecule has 6 nitrogen and oxygen atoms in total. The van der Waals surface area contributed by atoms with E-state index in [9.17, 15) is 18.4 Å². The maximum Gasteiger partial charge on any atom is 0.254 e. The van der Waals surface area contributed by atoms with Crippen molar-refractivity contribution in [2.75, 3.05) is 44.7 Å². The van der Waals surface area contributed by atoms with Crippen molar-refractivity contribution in [3.8, 4) is 0 Å². The van der Waals surface area contributed by atoms with Crippen LogP contribution in [0.25, 0.3) is 0 Å². The number of nitrogens with one attached hydrogen (secondary N) is 2. The van der Waals surface area contributed by atoms with Crippen LogP contribution < -0.4 is 15.5 Å². The van der Waals surface area contributed by atoms with Crippen LogP contribution in [-0.4, -0.2) is 56.5 Å². The molecule has 1 saturated heterocycles.